The summed E-state index contributed by atoms with van der Waals surface area (Å²) in [5.74, 6) is 0.411. The van der Waals surface area contributed by atoms with Gasteiger partial charge in [-0.15, -0.1) is 0 Å². The summed E-state index contributed by atoms with van der Waals surface area (Å²) in [4.78, 5) is 11.4. The third-order valence-corrected chi connectivity index (χ3v) is 5.06. The highest BCUT2D eigenvalue weighted by atomic mass is 16.5. The Balaban J connectivity index is 2.23. The molecule has 1 rings (SSSR count). The van der Waals surface area contributed by atoms with Crippen LogP contribution in [0.5, 0.6) is 0 Å². The second kappa shape index (κ2) is 9.51. The van der Waals surface area contributed by atoms with Crippen LogP contribution in [0.3, 0.4) is 0 Å². The van der Waals surface area contributed by atoms with Gasteiger partial charge in [-0.1, -0.05) is 40.5 Å². The molecule has 1 aliphatic carbocycles. The van der Waals surface area contributed by atoms with E-state index in [9.17, 15) is 9.90 Å². The van der Waals surface area contributed by atoms with Crippen LogP contribution in [0, 0.1) is 11.3 Å². The molecule has 3 unspecified atom stereocenters. The number of hydrogen-bond acceptors (Lipinski definition) is 4. The molecule has 1 aliphatic rings. The predicted molar refractivity (Wildman–Crippen MR) is 87.6 cm³/mol. The number of carbonyl (C=O) groups excluding carboxylic acids is 1. The lowest BCUT2D eigenvalue weighted by Crippen LogP contribution is -2.36. The molecule has 0 aromatic heterocycles. The zero-order valence-electron chi connectivity index (χ0n) is 14.8. The Hall–Kier alpha value is -0.610. The summed E-state index contributed by atoms with van der Waals surface area (Å²) in [6.45, 7) is 9.20. The van der Waals surface area contributed by atoms with Gasteiger partial charge in [-0.25, -0.2) is 0 Å². The SMILES string of the molecule is CCCCC(=O)OCC(O)COC1CCCC(C)(C(C)C)C1. The molecule has 1 saturated carbocycles. The van der Waals surface area contributed by atoms with Crippen LogP contribution in [0.15, 0.2) is 0 Å². The zero-order chi connectivity index (χ0) is 16.6. The van der Waals surface area contributed by atoms with Gasteiger partial charge in [0.15, 0.2) is 0 Å². The van der Waals surface area contributed by atoms with Crippen molar-refractivity contribution in [1.82, 2.24) is 0 Å². The van der Waals surface area contributed by atoms with Gasteiger partial charge in [0.2, 0.25) is 0 Å². The van der Waals surface area contributed by atoms with Crippen LogP contribution in [-0.2, 0) is 14.3 Å². The lowest BCUT2D eigenvalue weighted by molar-refractivity contribution is -0.149. The molecule has 0 amide bonds. The molecule has 1 fully saturated rings. The summed E-state index contributed by atoms with van der Waals surface area (Å²) in [6, 6.07) is 0. The van der Waals surface area contributed by atoms with E-state index in [1.807, 2.05) is 6.92 Å². The fraction of sp³-hybridized carbons (Fsp3) is 0.944. The number of unbranched alkanes of at least 4 members (excludes halogenated alkanes) is 1. The molecule has 0 spiro atoms. The molecule has 0 aliphatic heterocycles. The highest BCUT2D eigenvalue weighted by Gasteiger charge is 2.35. The van der Waals surface area contributed by atoms with E-state index in [2.05, 4.69) is 20.8 Å². The fourth-order valence-corrected chi connectivity index (χ4v) is 3.00. The molecular formula is C18H34O4. The standard InChI is InChI=1S/C18H34O4/c1-5-6-9-17(20)22-13-15(19)12-21-16-8-7-10-18(4,11-16)14(2)3/h14-16,19H,5-13H2,1-4H3. The first-order chi connectivity index (χ1) is 10.4. The van der Waals surface area contributed by atoms with E-state index >= 15 is 0 Å². The normalized spacial score (nSPS) is 26.9. The molecule has 0 saturated heterocycles. The Morgan fingerprint density at radius 1 is 1.36 bits per heavy atom. The number of aliphatic hydroxyl groups excluding tert-OH is 1. The largest absolute Gasteiger partial charge is 0.463 e. The second-order valence-corrected chi connectivity index (χ2v) is 7.30. The van der Waals surface area contributed by atoms with E-state index in [4.69, 9.17) is 9.47 Å². The number of rotatable bonds is 9. The highest BCUT2D eigenvalue weighted by molar-refractivity contribution is 5.69. The third-order valence-electron chi connectivity index (χ3n) is 5.06. The lowest BCUT2D eigenvalue weighted by atomic mass is 9.67. The second-order valence-electron chi connectivity index (χ2n) is 7.30. The Morgan fingerprint density at radius 3 is 2.73 bits per heavy atom. The molecule has 1 N–H and O–H groups in total. The number of carbonyl (C=O) groups is 1. The summed E-state index contributed by atoms with van der Waals surface area (Å²) in [7, 11) is 0. The van der Waals surface area contributed by atoms with Gasteiger partial charge in [-0.2, -0.15) is 0 Å². The highest BCUT2D eigenvalue weighted by Crippen LogP contribution is 2.42. The van der Waals surface area contributed by atoms with Gasteiger partial charge in [-0.3, -0.25) is 4.79 Å². The summed E-state index contributed by atoms with van der Waals surface area (Å²) < 4.78 is 10.9. The van der Waals surface area contributed by atoms with Crippen molar-refractivity contribution in [3.8, 4) is 0 Å². The van der Waals surface area contributed by atoms with Crippen molar-refractivity contribution >= 4 is 5.97 Å². The van der Waals surface area contributed by atoms with Gasteiger partial charge in [-0.05, 0) is 37.0 Å². The quantitative estimate of drug-likeness (QED) is 0.659. The van der Waals surface area contributed by atoms with Crippen molar-refractivity contribution in [1.29, 1.82) is 0 Å². The van der Waals surface area contributed by atoms with Crippen molar-refractivity contribution in [2.75, 3.05) is 13.2 Å². The number of hydrogen-bond donors (Lipinski definition) is 1. The first-order valence-corrected chi connectivity index (χ1v) is 8.82. The van der Waals surface area contributed by atoms with Crippen LogP contribution in [-0.4, -0.2) is 36.5 Å². The van der Waals surface area contributed by atoms with Crippen LogP contribution in [0.2, 0.25) is 0 Å². The minimum Gasteiger partial charge on any atom is -0.463 e. The maximum absolute atomic E-state index is 11.4. The molecule has 0 radical (unpaired) electrons. The van der Waals surface area contributed by atoms with Crippen LogP contribution in [0.1, 0.15) is 72.6 Å². The number of ether oxygens (including phenoxy) is 2. The van der Waals surface area contributed by atoms with Gasteiger partial charge in [0.05, 0.1) is 12.7 Å². The molecule has 4 nitrogen and oxygen atoms in total. The van der Waals surface area contributed by atoms with Gasteiger partial charge in [0.1, 0.15) is 12.7 Å². The zero-order valence-corrected chi connectivity index (χ0v) is 14.8. The summed E-state index contributed by atoms with van der Waals surface area (Å²) in [5, 5.41) is 9.89. The molecular weight excluding hydrogens is 280 g/mol. The monoisotopic (exact) mass is 314 g/mol. The summed E-state index contributed by atoms with van der Waals surface area (Å²) >= 11 is 0. The van der Waals surface area contributed by atoms with E-state index in [1.54, 1.807) is 0 Å². The van der Waals surface area contributed by atoms with Crippen molar-refractivity contribution < 1.29 is 19.4 Å². The van der Waals surface area contributed by atoms with E-state index < -0.39 is 6.10 Å². The van der Waals surface area contributed by atoms with Crippen molar-refractivity contribution in [2.24, 2.45) is 11.3 Å². The third kappa shape index (κ3) is 6.66. The lowest BCUT2D eigenvalue weighted by Gasteiger charge is -2.41. The Kier molecular flexibility index (Phi) is 8.40. The van der Waals surface area contributed by atoms with E-state index in [-0.39, 0.29) is 25.3 Å². The van der Waals surface area contributed by atoms with Crippen LogP contribution >= 0.6 is 0 Å². The topological polar surface area (TPSA) is 55.8 Å². The van der Waals surface area contributed by atoms with Crippen molar-refractivity contribution in [3.63, 3.8) is 0 Å². The van der Waals surface area contributed by atoms with Gasteiger partial charge in [0, 0.05) is 6.42 Å². The van der Waals surface area contributed by atoms with Gasteiger partial charge >= 0.3 is 5.97 Å². The number of esters is 1. The van der Waals surface area contributed by atoms with Crippen LogP contribution in [0.25, 0.3) is 0 Å². The molecule has 130 valence electrons. The minimum absolute atomic E-state index is 0.0384. The minimum atomic E-state index is -0.724. The average molecular weight is 314 g/mol. The first kappa shape index (κ1) is 19.4. The van der Waals surface area contributed by atoms with Gasteiger partial charge < -0.3 is 14.6 Å². The predicted octanol–water partition coefficient (Wildman–Crippen LogP) is 3.70. The molecule has 3 atom stereocenters. The summed E-state index contributed by atoms with van der Waals surface area (Å²) in [5.41, 5.74) is 0.334. The Labute approximate surface area is 135 Å². The maximum Gasteiger partial charge on any atom is 0.305 e. The van der Waals surface area contributed by atoms with E-state index in [1.165, 1.54) is 12.8 Å². The fourth-order valence-electron chi connectivity index (χ4n) is 3.00. The average Bonchev–Trinajstić information content (AvgIpc) is 2.48. The molecule has 22 heavy (non-hydrogen) atoms. The molecule has 4 heteroatoms. The smallest absolute Gasteiger partial charge is 0.305 e. The van der Waals surface area contributed by atoms with E-state index in [0.29, 0.717) is 17.8 Å². The maximum atomic E-state index is 11.4. The van der Waals surface area contributed by atoms with Crippen molar-refractivity contribution in [3.05, 3.63) is 0 Å². The molecule has 0 heterocycles. The van der Waals surface area contributed by atoms with Gasteiger partial charge in [0.25, 0.3) is 0 Å². The molecule has 0 bridgehead atoms. The molecule has 0 aromatic rings. The Bertz CT molecular complexity index is 329. The van der Waals surface area contributed by atoms with Crippen molar-refractivity contribution in [2.45, 2.75) is 84.8 Å². The molecule has 0 aromatic carbocycles. The van der Waals surface area contributed by atoms with Crippen LogP contribution < -0.4 is 0 Å². The Morgan fingerprint density at radius 2 is 2.09 bits per heavy atom. The van der Waals surface area contributed by atoms with E-state index in [0.717, 1.165) is 25.7 Å². The first-order valence-electron chi connectivity index (χ1n) is 8.82. The summed E-state index contributed by atoms with van der Waals surface area (Å²) in [6.07, 6.45) is 6.27. The number of aliphatic hydroxyl groups is 1. The van der Waals surface area contributed by atoms with Crippen LogP contribution in [0.4, 0.5) is 0 Å².